The second kappa shape index (κ2) is 3.67. The van der Waals surface area contributed by atoms with E-state index < -0.39 is 0 Å². The van der Waals surface area contributed by atoms with Gasteiger partial charge in [-0.05, 0) is 19.3 Å². The molecule has 0 bridgehead atoms. The van der Waals surface area contributed by atoms with Gasteiger partial charge in [-0.1, -0.05) is 13.0 Å². The Balaban J connectivity index is 3.23. The summed E-state index contributed by atoms with van der Waals surface area (Å²) in [5.41, 5.74) is 0. The van der Waals surface area contributed by atoms with Crippen LogP contribution in [-0.2, 0) is 0 Å². The van der Waals surface area contributed by atoms with E-state index in [0.29, 0.717) is 5.92 Å². The highest BCUT2D eigenvalue weighted by molar-refractivity contribution is 4.75. The fourth-order valence-electron chi connectivity index (χ4n) is 0.634. The van der Waals surface area contributed by atoms with Crippen LogP contribution in [0.5, 0.6) is 0 Å². The lowest BCUT2D eigenvalue weighted by molar-refractivity contribution is 0.172. The van der Waals surface area contributed by atoms with Crippen LogP contribution in [-0.4, -0.2) is 11.2 Å². The third-order valence-electron chi connectivity index (χ3n) is 1.12. The normalized spacial score (nSPS) is 17.4. The zero-order valence-corrected chi connectivity index (χ0v) is 5.59. The fourth-order valence-corrected chi connectivity index (χ4v) is 0.634. The van der Waals surface area contributed by atoms with Gasteiger partial charge < -0.3 is 5.11 Å². The van der Waals surface area contributed by atoms with Gasteiger partial charge in [0.25, 0.3) is 0 Å². The molecule has 0 fully saturated rings. The van der Waals surface area contributed by atoms with Crippen LogP contribution in [0.15, 0.2) is 12.7 Å². The van der Waals surface area contributed by atoms with E-state index in [1.54, 1.807) is 6.92 Å². The van der Waals surface area contributed by atoms with E-state index >= 15 is 0 Å². The van der Waals surface area contributed by atoms with Crippen molar-refractivity contribution in [2.45, 2.75) is 26.4 Å². The Morgan fingerprint density at radius 2 is 2.12 bits per heavy atom. The molecule has 1 N–H and O–H groups in total. The molecule has 8 heavy (non-hydrogen) atoms. The zero-order chi connectivity index (χ0) is 6.57. The van der Waals surface area contributed by atoms with Crippen molar-refractivity contribution in [1.29, 1.82) is 0 Å². The molecule has 0 amide bonds. The summed E-state index contributed by atoms with van der Waals surface area (Å²) >= 11 is 0. The maximum atomic E-state index is 8.81. The first-order valence-electron chi connectivity index (χ1n) is 2.97. The molecule has 0 aromatic rings. The number of aliphatic hydroxyl groups is 1. The van der Waals surface area contributed by atoms with Gasteiger partial charge in [-0.25, -0.2) is 0 Å². The van der Waals surface area contributed by atoms with Crippen LogP contribution in [0.2, 0.25) is 0 Å². The van der Waals surface area contributed by atoms with E-state index in [-0.39, 0.29) is 6.10 Å². The lowest BCUT2D eigenvalue weighted by Crippen LogP contribution is -2.04. The minimum Gasteiger partial charge on any atom is -0.393 e. The van der Waals surface area contributed by atoms with Crippen molar-refractivity contribution >= 4 is 0 Å². The lowest BCUT2D eigenvalue weighted by atomic mass is 10.1. The molecule has 0 saturated carbocycles. The standard InChI is InChI=1S/C7H14O/c1-4-6(2)5-7(3)8/h4,6-8H,1,5H2,2-3H3/t6-,7-/m1/s1. The highest BCUT2D eigenvalue weighted by atomic mass is 16.3. The molecule has 2 atom stereocenters. The maximum Gasteiger partial charge on any atom is 0.0517 e. The first-order valence-corrected chi connectivity index (χ1v) is 2.97. The molecule has 0 unspecified atom stereocenters. The van der Waals surface area contributed by atoms with Gasteiger partial charge in [0.05, 0.1) is 6.10 Å². The van der Waals surface area contributed by atoms with Gasteiger partial charge in [0.2, 0.25) is 0 Å². The van der Waals surface area contributed by atoms with Crippen molar-refractivity contribution < 1.29 is 5.11 Å². The van der Waals surface area contributed by atoms with E-state index in [4.69, 9.17) is 5.11 Å². The van der Waals surface area contributed by atoms with E-state index in [1.165, 1.54) is 0 Å². The van der Waals surface area contributed by atoms with E-state index in [0.717, 1.165) is 6.42 Å². The van der Waals surface area contributed by atoms with Crippen molar-refractivity contribution in [1.82, 2.24) is 0 Å². The summed E-state index contributed by atoms with van der Waals surface area (Å²) in [5, 5.41) is 8.81. The molecule has 48 valence electrons. The van der Waals surface area contributed by atoms with Crippen LogP contribution >= 0.6 is 0 Å². The van der Waals surface area contributed by atoms with E-state index in [1.807, 2.05) is 13.0 Å². The Labute approximate surface area is 51.0 Å². The Morgan fingerprint density at radius 3 is 2.25 bits per heavy atom. The quantitative estimate of drug-likeness (QED) is 0.552. The van der Waals surface area contributed by atoms with E-state index in [9.17, 15) is 0 Å². The van der Waals surface area contributed by atoms with Crippen molar-refractivity contribution in [2.24, 2.45) is 5.92 Å². The smallest absolute Gasteiger partial charge is 0.0517 e. The third-order valence-corrected chi connectivity index (χ3v) is 1.12. The summed E-state index contributed by atoms with van der Waals surface area (Å²) in [4.78, 5) is 0. The Bertz CT molecular complexity index is 66.8. The molecule has 0 aliphatic heterocycles. The topological polar surface area (TPSA) is 20.2 Å². The molecule has 0 radical (unpaired) electrons. The molecule has 0 aliphatic carbocycles. The molecule has 0 heterocycles. The van der Waals surface area contributed by atoms with Crippen molar-refractivity contribution in [3.05, 3.63) is 12.7 Å². The number of rotatable bonds is 3. The van der Waals surface area contributed by atoms with E-state index in [2.05, 4.69) is 6.58 Å². The third kappa shape index (κ3) is 3.88. The average Bonchev–Trinajstić information content (AvgIpc) is 1.65. The summed E-state index contributed by atoms with van der Waals surface area (Å²) < 4.78 is 0. The van der Waals surface area contributed by atoms with Gasteiger partial charge in [0.15, 0.2) is 0 Å². The molecule has 0 saturated heterocycles. The molecule has 0 aliphatic rings. The largest absolute Gasteiger partial charge is 0.393 e. The van der Waals surface area contributed by atoms with Gasteiger partial charge in [-0.3, -0.25) is 0 Å². The predicted octanol–water partition coefficient (Wildman–Crippen LogP) is 1.58. The lowest BCUT2D eigenvalue weighted by Gasteiger charge is -2.06. The van der Waals surface area contributed by atoms with Gasteiger partial charge in [-0.15, -0.1) is 6.58 Å². The average molecular weight is 114 g/mol. The van der Waals surface area contributed by atoms with Crippen molar-refractivity contribution in [3.63, 3.8) is 0 Å². The van der Waals surface area contributed by atoms with Gasteiger partial charge >= 0.3 is 0 Å². The van der Waals surface area contributed by atoms with Crippen LogP contribution in [0, 0.1) is 5.92 Å². The summed E-state index contributed by atoms with van der Waals surface area (Å²) in [6.07, 6.45) is 2.49. The SMILES string of the molecule is C=C[C@@H](C)C[C@@H](C)O. The van der Waals surface area contributed by atoms with Crippen molar-refractivity contribution in [2.75, 3.05) is 0 Å². The van der Waals surface area contributed by atoms with Crippen molar-refractivity contribution in [3.8, 4) is 0 Å². The first-order chi connectivity index (χ1) is 3.66. The highest BCUT2D eigenvalue weighted by Gasteiger charge is 1.99. The molecule has 0 aromatic carbocycles. The zero-order valence-electron chi connectivity index (χ0n) is 5.59. The molecular formula is C7H14O. The van der Waals surface area contributed by atoms with Gasteiger partial charge in [0.1, 0.15) is 0 Å². The van der Waals surface area contributed by atoms with Crippen LogP contribution in [0.4, 0.5) is 0 Å². The molecular weight excluding hydrogens is 100 g/mol. The van der Waals surface area contributed by atoms with Crippen LogP contribution in [0.1, 0.15) is 20.3 Å². The Kier molecular flexibility index (Phi) is 3.53. The number of allylic oxidation sites excluding steroid dienone is 1. The Morgan fingerprint density at radius 1 is 1.62 bits per heavy atom. The second-order valence-corrected chi connectivity index (χ2v) is 2.30. The molecule has 0 spiro atoms. The minimum atomic E-state index is -0.192. The summed E-state index contributed by atoms with van der Waals surface area (Å²) in [5.74, 6) is 0.440. The predicted molar refractivity (Wildman–Crippen MR) is 35.7 cm³/mol. The number of aliphatic hydroxyl groups excluding tert-OH is 1. The Hall–Kier alpha value is -0.300. The summed E-state index contributed by atoms with van der Waals surface area (Å²) in [6.45, 7) is 7.44. The van der Waals surface area contributed by atoms with Gasteiger partial charge in [-0.2, -0.15) is 0 Å². The fraction of sp³-hybridized carbons (Fsp3) is 0.714. The molecule has 0 rings (SSSR count). The highest BCUT2D eigenvalue weighted by Crippen LogP contribution is 2.04. The summed E-state index contributed by atoms with van der Waals surface area (Å²) in [7, 11) is 0. The number of hydrogen-bond acceptors (Lipinski definition) is 1. The molecule has 1 nitrogen and oxygen atoms in total. The number of hydrogen-bond donors (Lipinski definition) is 1. The van der Waals surface area contributed by atoms with Gasteiger partial charge in [0, 0.05) is 0 Å². The molecule has 1 heteroatoms. The summed E-state index contributed by atoms with van der Waals surface area (Å²) in [6, 6.07) is 0. The van der Waals surface area contributed by atoms with Crippen LogP contribution < -0.4 is 0 Å². The van der Waals surface area contributed by atoms with Crippen LogP contribution in [0.25, 0.3) is 0 Å². The first kappa shape index (κ1) is 7.70. The maximum absolute atomic E-state index is 8.81. The minimum absolute atomic E-state index is 0.192. The second-order valence-electron chi connectivity index (χ2n) is 2.30. The monoisotopic (exact) mass is 114 g/mol. The molecule has 0 aromatic heterocycles. The van der Waals surface area contributed by atoms with Crippen LogP contribution in [0.3, 0.4) is 0 Å².